The smallest absolute Gasteiger partial charge is 0.338 e. The Morgan fingerprint density at radius 1 is 1.04 bits per heavy atom. The van der Waals surface area contributed by atoms with Gasteiger partial charge in [0.15, 0.2) is 27.8 Å². The van der Waals surface area contributed by atoms with E-state index in [9.17, 15) is 9.59 Å². The number of benzene rings is 3. The van der Waals surface area contributed by atoms with Crippen LogP contribution in [0, 0.1) is 3.57 Å². The number of thiazole rings is 1. The fourth-order valence-electron chi connectivity index (χ4n) is 5.24. The molecule has 9 nitrogen and oxygen atoms in total. The van der Waals surface area contributed by atoms with E-state index in [0.717, 1.165) is 9.13 Å². The van der Waals surface area contributed by atoms with Crippen LogP contribution < -0.4 is 33.8 Å². The Kier molecular flexibility index (Phi) is 11.4. The van der Waals surface area contributed by atoms with Crippen molar-refractivity contribution in [1.29, 1.82) is 0 Å². The van der Waals surface area contributed by atoms with Crippen LogP contribution in [0.1, 0.15) is 50.4 Å². The lowest BCUT2D eigenvalue weighted by Crippen LogP contribution is -2.40. The Bertz CT molecular complexity index is 2090. The SMILES string of the molecule is CCOC(=O)C1=C(C)N=c2s/c(=C/c3cc(I)cc(OC)c3OCc3ccc(Cl)c(Cl)c3)c(=O)n2[C@@H]1c1ccc(OC(C)C)c(OC)c1. The van der Waals surface area contributed by atoms with Crippen LogP contribution in [0.25, 0.3) is 6.08 Å². The molecule has 48 heavy (non-hydrogen) atoms. The average molecular weight is 824 g/mol. The lowest BCUT2D eigenvalue weighted by Gasteiger charge is -2.25. The van der Waals surface area contributed by atoms with Crippen LogP contribution in [-0.2, 0) is 16.1 Å². The average Bonchev–Trinajstić information content (AvgIpc) is 3.34. The lowest BCUT2D eigenvalue weighted by molar-refractivity contribution is -0.139. The number of carbonyl (C=O) groups is 1. The van der Waals surface area contributed by atoms with Gasteiger partial charge in [-0.1, -0.05) is 46.7 Å². The summed E-state index contributed by atoms with van der Waals surface area (Å²) in [4.78, 5) is 32.9. The maximum absolute atomic E-state index is 14.4. The van der Waals surface area contributed by atoms with E-state index in [4.69, 9.17) is 51.9 Å². The molecule has 0 saturated carbocycles. The number of allylic oxidation sites excluding steroid dienone is 1. The Labute approximate surface area is 305 Å². The highest BCUT2D eigenvalue weighted by atomic mass is 127. The Balaban J connectivity index is 1.67. The monoisotopic (exact) mass is 822 g/mol. The van der Waals surface area contributed by atoms with Gasteiger partial charge in [0.1, 0.15) is 6.61 Å². The molecular formula is C35H33Cl2IN2O7S. The summed E-state index contributed by atoms with van der Waals surface area (Å²) in [6, 6.07) is 13.5. The molecule has 0 radical (unpaired) electrons. The summed E-state index contributed by atoms with van der Waals surface area (Å²) in [6.07, 6.45) is 1.66. The lowest BCUT2D eigenvalue weighted by atomic mass is 9.95. The third-order valence-corrected chi connectivity index (χ3v) is 9.65. The van der Waals surface area contributed by atoms with Crippen LogP contribution in [0.2, 0.25) is 10.0 Å². The van der Waals surface area contributed by atoms with Gasteiger partial charge in [0, 0.05) is 9.13 Å². The van der Waals surface area contributed by atoms with Crippen LogP contribution in [0.5, 0.6) is 23.0 Å². The molecule has 0 aliphatic carbocycles. The molecule has 2 heterocycles. The van der Waals surface area contributed by atoms with Crippen molar-refractivity contribution in [1.82, 2.24) is 4.57 Å². The number of hydrogen-bond acceptors (Lipinski definition) is 9. The van der Waals surface area contributed by atoms with Crippen LogP contribution in [0.4, 0.5) is 0 Å². The fourth-order valence-corrected chi connectivity index (χ4v) is 7.22. The molecule has 5 rings (SSSR count). The predicted octanol–water partition coefficient (Wildman–Crippen LogP) is 7.09. The first-order chi connectivity index (χ1) is 22.9. The van der Waals surface area contributed by atoms with E-state index < -0.39 is 12.0 Å². The van der Waals surface area contributed by atoms with Gasteiger partial charge in [0.2, 0.25) is 0 Å². The van der Waals surface area contributed by atoms with Crippen LogP contribution >= 0.6 is 57.1 Å². The van der Waals surface area contributed by atoms with E-state index >= 15 is 0 Å². The van der Waals surface area contributed by atoms with Crippen molar-refractivity contribution in [3.63, 3.8) is 0 Å². The molecule has 0 saturated heterocycles. The van der Waals surface area contributed by atoms with Gasteiger partial charge in [-0.25, -0.2) is 9.79 Å². The molecular weight excluding hydrogens is 790 g/mol. The molecule has 1 atom stereocenters. The third kappa shape index (κ3) is 7.54. The zero-order chi connectivity index (χ0) is 34.7. The van der Waals surface area contributed by atoms with Gasteiger partial charge in [0.05, 0.1) is 58.8 Å². The Hall–Kier alpha value is -3.52. The Morgan fingerprint density at radius 3 is 2.46 bits per heavy atom. The minimum absolute atomic E-state index is 0.0859. The van der Waals surface area contributed by atoms with Crippen molar-refractivity contribution < 1.29 is 28.5 Å². The standard InChI is InChI=1S/C35H33Cl2IN2O7S/c1-7-45-34(42)30-19(4)39-35-40(31(30)21-9-11-26(47-18(2)3)27(14-21)43-5)33(41)29(48-35)15-22-13-23(38)16-28(44-6)32(22)46-17-20-8-10-24(36)25(37)12-20/h8-16,18,31H,7,17H2,1-6H3/b29-15+/t31-/m1/s1. The normalized spacial score (nSPS) is 14.5. The molecule has 0 N–H and O–H groups in total. The van der Waals surface area contributed by atoms with Crippen molar-refractivity contribution in [2.45, 2.75) is 46.4 Å². The molecule has 0 fully saturated rings. The summed E-state index contributed by atoms with van der Waals surface area (Å²) in [7, 11) is 3.10. The van der Waals surface area contributed by atoms with Crippen molar-refractivity contribution >= 4 is 69.2 Å². The fraction of sp³-hybridized carbons (Fsp3) is 0.286. The van der Waals surface area contributed by atoms with Gasteiger partial charge >= 0.3 is 5.97 Å². The number of ether oxygens (including phenoxy) is 5. The van der Waals surface area contributed by atoms with Gasteiger partial charge < -0.3 is 23.7 Å². The Morgan fingerprint density at radius 2 is 1.79 bits per heavy atom. The summed E-state index contributed by atoms with van der Waals surface area (Å²) < 4.78 is 31.7. The zero-order valence-corrected chi connectivity index (χ0v) is 31.5. The molecule has 0 bridgehead atoms. The van der Waals surface area contributed by atoms with Crippen LogP contribution in [0.15, 0.2) is 69.6 Å². The van der Waals surface area contributed by atoms with E-state index in [1.165, 1.54) is 15.9 Å². The van der Waals surface area contributed by atoms with E-state index in [2.05, 4.69) is 22.6 Å². The van der Waals surface area contributed by atoms with E-state index in [1.807, 2.05) is 38.1 Å². The maximum Gasteiger partial charge on any atom is 0.338 e. The maximum atomic E-state index is 14.4. The number of rotatable bonds is 11. The van der Waals surface area contributed by atoms with Gasteiger partial charge in [0.25, 0.3) is 5.56 Å². The summed E-state index contributed by atoms with van der Waals surface area (Å²) in [5, 5.41) is 0.863. The summed E-state index contributed by atoms with van der Waals surface area (Å²) in [5.41, 5.74) is 2.44. The molecule has 4 aromatic rings. The van der Waals surface area contributed by atoms with E-state index in [1.54, 1.807) is 58.4 Å². The second-order valence-corrected chi connectivity index (χ2v) is 14.0. The highest BCUT2D eigenvalue weighted by Gasteiger charge is 2.34. The summed E-state index contributed by atoms with van der Waals surface area (Å²) >= 11 is 15.7. The largest absolute Gasteiger partial charge is 0.493 e. The molecule has 0 unspecified atom stereocenters. The highest BCUT2D eigenvalue weighted by Crippen LogP contribution is 2.38. The van der Waals surface area contributed by atoms with Gasteiger partial charge in [-0.15, -0.1) is 0 Å². The first-order valence-corrected chi connectivity index (χ1v) is 17.6. The number of fused-ring (bicyclic) bond motifs is 1. The molecule has 3 aromatic carbocycles. The number of methoxy groups -OCH3 is 2. The number of nitrogens with zero attached hydrogens (tertiary/aromatic N) is 2. The van der Waals surface area contributed by atoms with Crippen LogP contribution in [-0.4, -0.2) is 37.5 Å². The summed E-state index contributed by atoms with van der Waals surface area (Å²) in [5.74, 6) is 1.40. The number of carbonyl (C=O) groups excluding carboxylic acids is 1. The number of esters is 1. The van der Waals surface area contributed by atoms with Crippen molar-refractivity contribution in [2.75, 3.05) is 20.8 Å². The van der Waals surface area contributed by atoms with E-state index in [0.29, 0.717) is 59.2 Å². The molecule has 1 aliphatic rings. The molecule has 0 amide bonds. The second-order valence-electron chi connectivity index (χ2n) is 10.9. The van der Waals surface area contributed by atoms with Gasteiger partial charge in [-0.05, 0) is 104 Å². The van der Waals surface area contributed by atoms with Crippen molar-refractivity contribution in [3.8, 4) is 23.0 Å². The van der Waals surface area contributed by atoms with Gasteiger partial charge in [-0.2, -0.15) is 0 Å². The van der Waals surface area contributed by atoms with Gasteiger partial charge in [-0.3, -0.25) is 9.36 Å². The first-order valence-electron chi connectivity index (χ1n) is 14.9. The predicted molar refractivity (Wildman–Crippen MR) is 196 cm³/mol. The molecule has 0 spiro atoms. The minimum atomic E-state index is -0.833. The van der Waals surface area contributed by atoms with E-state index in [-0.39, 0.29) is 30.5 Å². The third-order valence-electron chi connectivity index (χ3n) is 7.31. The molecule has 252 valence electrons. The van der Waals surface area contributed by atoms with Crippen LogP contribution in [0.3, 0.4) is 0 Å². The number of hydrogen-bond donors (Lipinski definition) is 0. The number of aromatic nitrogens is 1. The van der Waals surface area contributed by atoms with Crippen molar-refractivity contribution in [3.05, 3.63) is 110 Å². The zero-order valence-electron chi connectivity index (χ0n) is 27.1. The minimum Gasteiger partial charge on any atom is -0.493 e. The summed E-state index contributed by atoms with van der Waals surface area (Å²) in [6.45, 7) is 7.65. The first kappa shape index (κ1) is 35.8. The quantitative estimate of drug-likeness (QED) is 0.118. The molecule has 1 aliphatic heterocycles. The topological polar surface area (TPSA) is 97.6 Å². The van der Waals surface area contributed by atoms with Crippen molar-refractivity contribution in [2.24, 2.45) is 4.99 Å². The number of halogens is 3. The highest BCUT2D eigenvalue weighted by molar-refractivity contribution is 14.1. The molecule has 13 heteroatoms. The second kappa shape index (κ2) is 15.4. The molecule has 1 aromatic heterocycles.